The monoisotopic (exact) mass is 273 g/mol. The molecule has 2 aliphatic carbocycles. The van der Waals surface area contributed by atoms with Crippen LogP contribution in [-0.4, -0.2) is 20.4 Å². The van der Waals surface area contributed by atoms with Crippen molar-refractivity contribution in [2.24, 2.45) is 5.16 Å². The van der Waals surface area contributed by atoms with Gasteiger partial charge in [-0.25, -0.2) is 0 Å². The van der Waals surface area contributed by atoms with E-state index in [1.54, 1.807) is 6.08 Å². The zero-order chi connectivity index (χ0) is 13.5. The maximum Gasteiger partial charge on any atom is 0.325 e. The highest BCUT2D eigenvalue weighted by Crippen LogP contribution is 2.37. The highest BCUT2D eigenvalue weighted by molar-refractivity contribution is 7.85. The summed E-state index contributed by atoms with van der Waals surface area (Å²) in [7, 11) is -3.59. The van der Waals surface area contributed by atoms with Gasteiger partial charge in [-0.1, -0.05) is 41.6 Å². The van der Waals surface area contributed by atoms with Gasteiger partial charge in [0, 0.05) is 5.57 Å². The largest absolute Gasteiger partial charge is 0.325 e. The molecule has 3 rings (SSSR count). The van der Waals surface area contributed by atoms with Crippen LogP contribution in [0.5, 0.6) is 0 Å². The van der Waals surface area contributed by atoms with Crippen LogP contribution in [0.2, 0.25) is 0 Å². The van der Waals surface area contributed by atoms with Crippen LogP contribution in [0.3, 0.4) is 0 Å². The van der Waals surface area contributed by atoms with E-state index < -0.39 is 10.1 Å². The zero-order valence-corrected chi connectivity index (χ0v) is 11.0. The van der Waals surface area contributed by atoms with Crippen LogP contribution in [0, 0.1) is 0 Å². The van der Waals surface area contributed by atoms with E-state index >= 15 is 0 Å². The van der Waals surface area contributed by atoms with Gasteiger partial charge >= 0.3 is 10.1 Å². The molecule has 0 unspecified atom stereocenters. The number of nitrogens with zero attached hydrogens (tertiary/aromatic N) is 1. The van der Waals surface area contributed by atoms with Gasteiger partial charge in [-0.2, -0.15) is 8.42 Å². The second-order valence-corrected chi connectivity index (χ2v) is 5.90. The van der Waals surface area contributed by atoms with Crippen LogP contribution in [0.1, 0.15) is 11.1 Å². The van der Waals surface area contributed by atoms with Gasteiger partial charge < -0.3 is 0 Å². The van der Waals surface area contributed by atoms with Gasteiger partial charge in [0.25, 0.3) is 0 Å². The molecule has 2 aliphatic rings. The smallest absolute Gasteiger partial charge is 0.268 e. The molecular weight excluding hydrogens is 262 g/mol. The van der Waals surface area contributed by atoms with E-state index in [1.807, 2.05) is 42.5 Å². The van der Waals surface area contributed by atoms with Gasteiger partial charge in [-0.15, -0.1) is 0 Å². The third kappa shape index (κ3) is 2.24. The number of hydrogen-bond donors (Lipinski definition) is 0. The second kappa shape index (κ2) is 4.20. The van der Waals surface area contributed by atoms with Gasteiger partial charge in [0.15, 0.2) is 0 Å². The normalized spacial score (nSPS) is 18.7. The van der Waals surface area contributed by atoms with Gasteiger partial charge in [-0.05, 0) is 28.9 Å². The SMILES string of the molecule is CS(=O)(=O)ON=C1C=CC=C2C1=Cc1ccccc12. The lowest BCUT2D eigenvalue weighted by atomic mass is 9.96. The Morgan fingerprint density at radius 2 is 1.95 bits per heavy atom. The summed E-state index contributed by atoms with van der Waals surface area (Å²) in [6, 6.07) is 7.97. The summed E-state index contributed by atoms with van der Waals surface area (Å²) in [5.74, 6) is 0. The minimum atomic E-state index is -3.59. The summed E-state index contributed by atoms with van der Waals surface area (Å²) < 4.78 is 26.5. The molecule has 1 aromatic carbocycles. The fourth-order valence-electron chi connectivity index (χ4n) is 2.15. The third-order valence-corrected chi connectivity index (χ3v) is 3.25. The van der Waals surface area contributed by atoms with Crippen molar-refractivity contribution in [2.75, 3.05) is 6.26 Å². The van der Waals surface area contributed by atoms with Crippen molar-refractivity contribution in [2.45, 2.75) is 0 Å². The lowest BCUT2D eigenvalue weighted by molar-refractivity contribution is 0.344. The zero-order valence-electron chi connectivity index (χ0n) is 10.2. The molecule has 0 saturated heterocycles. The Balaban J connectivity index is 2.03. The second-order valence-electron chi connectivity index (χ2n) is 4.34. The maximum atomic E-state index is 11.0. The van der Waals surface area contributed by atoms with Crippen LogP contribution >= 0.6 is 0 Å². The molecule has 0 atom stereocenters. The van der Waals surface area contributed by atoms with Crippen molar-refractivity contribution in [3.63, 3.8) is 0 Å². The molecule has 5 heteroatoms. The van der Waals surface area contributed by atoms with Gasteiger partial charge in [0.05, 0.1) is 6.26 Å². The molecule has 0 heterocycles. The van der Waals surface area contributed by atoms with Crippen LogP contribution in [0.25, 0.3) is 11.6 Å². The number of hydrogen-bond acceptors (Lipinski definition) is 4. The van der Waals surface area contributed by atoms with E-state index in [2.05, 4.69) is 9.44 Å². The Hall–Kier alpha value is -2.14. The first-order chi connectivity index (χ1) is 9.04. The fraction of sp³-hybridized carbons (Fsp3) is 0.0714. The average molecular weight is 273 g/mol. The molecule has 0 N–H and O–H groups in total. The molecule has 19 heavy (non-hydrogen) atoms. The molecule has 4 nitrogen and oxygen atoms in total. The van der Waals surface area contributed by atoms with Gasteiger partial charge in [-0.3, -0.25) is 4.28 Å². The van der Waals surface area contributed by atoms with Gasteiger partial charge in [0.2, 0.25) is 0 Å². The van der Waals surface area contributed by atoms with Gasteiger partial charge in [0.1, 0.15) is 5.71 Å². The molecule has 0 amide bonds. The minimum absolute atomic E-state index is 0.513. The standard InChI is InChI=1S/C14H11NO3S/c1-19(16,17)18-15-14-8-4-7-12-11-6-3-2-5-10(11)9-13(12)14/h2-9H,1H3. The van der Waals surface area contributed by atoms with Crippen LogP contribution < -0.4 is 0 Å². The predicted molar refractivity (Wildman–Crippen MR) is 74.9 cm³/mol. The Kier molecular flexibility index (Phi) is 2.64. The average Bonchev–Trinajstić information content (AvgIpc) is 2.74. The van der Waals surface area contributed by atoms with Crippen molar-refractivity contribution in [3.05, 3.63) is 59.2 Å². The number of fused-ring (bicyclic) bond motifs is 3. The van der Waals surface area contributed by atoms with Crippen molar-refractivity contribution >= 4 is 27.5 Å². The van der Waals surface area contributed by atoms with E-state index in [-0.39, 0.29) is 0 Å². The highest BCUT2D eigenvalue weighted by Gasteiger charge is 2.23. The minimum Gasteiger partial charge on any atom is -0.268 e. The molecule has 0 bridgehead atoms. The van der Waals surface area contributed by atoms with Crippen molar-refractivity contribution in [3.8, 4) is 0 Å². The van der Waals surface area contributed by atoms with E-state index in [0.717, 1.165) is 28.5 Å². The van der Waals surface area contributed by atoms with Crippen molar-refractivity contribution < 1.29 is 12.7 Å². The third-order valence-electron chi connectivity index (χ3n) is 2.90. The Morgan fingerprint density at radius 1 is 1.16 bits per heavy atom. The molecule has 0 aromatic heterocycles. The van der Waals surface area contributed by atoms with Crippen LogP contribution in [0.15, 0.2) is 53.2 Å². The van der Waals surface area contributed by atoms with Crippen LogP contribution in [0.4, 0.5) is 0 Å². The quantitative estimate of drug-likeness (QED) is 0.777. The summed E-state index contributed by atoms with van der Waals surface area (Å²) in [6.45, 7) is 0. The summed E-state index contributed by atoms with van der Waals surface area (Å²) in [6.07, 6.45) is 8.50. The lowest BCUT2D eigenvalue weighted by Crippen LogP contribution is -2.06. The molecule has 0 saturated carbocycles. The summed E-state index contributed by atoms with van der Waals surface area (Å²) >= 11 is 0. The maximum absolute atomic E-state index is 11.0. The summed E-state index contributed by atoms with van der Waals surface area (Å²) in [5, 5.41) is 3.71. The first-order valence-corrected chi connectivity index (χ1v) is 7.53. The highest BCUT2D eigenvalue weighted by atomic mass is 32.2. The predicted octanol–water partition coefficient (Wildman–Crippen LogP) is 2.37. The molecule has 0 fully saturated rings. The number of benzene rings is 1. The summed E-state index contributed by atoms with van der Waals surface area (Å²) in [5.41, 5.74) is 4.65. The molecular formula is C14H11NO3S. The molecule has 96 valence electrons. The van der Waals surface area contributed by atoms with Crippen molar-refractivity contribution in [1.29, 1.82) is 0 Å². The van der Waals surface area contributed by atoms with E-state index in [1.165, 1.54) is 0 Å². The van der Waals surface area contributed by atoms with Crippen LogP contribution in [-0.2, 0) is 14.4 Å². The van der Waals surface area contributed by atoms with Crippen molar-refractivity contribution in [1.82, 2.24) is 0 Å². The fourth-order valence-corrected chi connectivity index (χ4v) is 2.37. The molecule has 0 radical (unpaired) electrons. The van der Waals surface area contributed by atoms with E-state index in [4.69, 9.17) is 0 Å². The molecule has 1 aromatic rings. The first-order valence-electron chi connectivity index (χ1n) is 5.71. The Morgan fingerprint density at radius 3 is 2.74 bits per heavy atom. The Labute approximate surface area is 111 Å². The number of rotatable bonds is 2. The van der Waals surface area contributed by atoms with E-state index in [0.29, 0.717) is 5.71 Å². The lowest BCUT2D eigenvalue weighted by Gasteiger charge is -2.10. The first kappa shape index (κ1) is 11.9. The Bertz CT molecular complexity index is 768. The number of allylic oxidation sites excluding steroid dienone is 5. The summed E-state index contributed by atoms with van der Waals surface area (Å²) in [4.78, 5) is 0. The number of oxime groups is 1. The topological polar surface area (TPSA) is 55.7 Å². The van der Waals surface area contributed by atoms with E-state index in [9.17, 15) is 8.42 Å². The molecule has 0 spiro atoms. The molecule has 0 aliphatic heterocycles.